The van der Waals surface area contributed by atoms with E-state index < -0.39 is 0 Å². The van der Waals surface area contributed by atoms with Crippen molar-refractivity contribution in [3.63, 3.8) is 0 Å². The van der Waals surface area contributed by atoms with Crippen molar-refractivity contribution in [1.82, 2.24) is 14.9 Å². The Balaban J connectivity index is 2.05. The average molecular weight is 261 g/mol. The van der Waals surface area contributed by atoms with Gasteiger partial charge >= 0.3 is 0 Å². The molecular weight excluding hydrogens is 242 g/mol. The van der Waals surface area contributed by atoms with Crippen LogP contribution in [-0.4, -0.2) is 48.1 Å². The molecule has 19 heavy (non-hydrogen) atoms. The van der Waals surface area contributed by atoms with Crippen LogP contribution in [0.15, 0.2) is 10.7 Å². The summed E-state index contributed by atoms with van der Waals surface area (Å²) in [5, 5.41) is 0. The number of aromatic nitrogens is 2. The molecule has 0 aromatic carbocycles. The maximum atomic E-state index is 5.84. The Morgan fingerprint density at radius 3 is 2.68 bits per heavy atom. The lowest BCUT2D eigenvalue weighted by atomic mass is 10.2. The van der Waals surface area contributed by atoms with Crippen LogP contribution in [0.25, 0.3) is 11.1 Å². The van der Waals surface area contributed by atoms with Gasteiger partial charge in [-0.05, 0) is 13.5 Å². The predicted molar refractivity (Wildman–Crippen MR) is 75.3 cm³/mol. The smallest absolute Gasteiger partial charge is 0.222 e. The second-order valence-corrected chi connectivity index (χ2v) is 4.99. The number of piperazine rings is 1. The Kier molecular flexibility index (Phi) is 3.02. The molecule has 0 amide bonds. The molecule has 1 aliphatic rings. The minimum absolute atomic E-state index is 0.317. The van der Waals surface area contributed by atoms with Crippen LogP contribution in [0, 0.1) is 0 Å². The van der Waals surface area contributed by atoms with Gasteiger partial charge < -0.3 is 20.0 Å². The number of nitrogens with zero attached hydrogens (tertiary/aromatic N) is 4. The summed E-state index contributed by atoms with van der Waals surface area (Å²) >= 11 is 0. The Morgan fingerprint density at radius 2 is 2.00 bits per heavy atom. The maximum Gasteiger partial charge on any atom is 0.222 e. The van der Waals surface area contributed by atoms with Crippen LogP contribution < -0.4 is 10.6 Å². The van der Waals surface area contributed by atoms with E-state index in [0.29, 0.717) is 5.95 Å². The van der Waals surface area contributed by atoms with Crippen LogP contribution in [0.2, 0.25) is 0 Å². The number of likely N-dealkylation sites (N-methyl/N-ethyl adjacent to an activating group) is 1. The second kappa shape index (κ2) is 4.70. The van der Waals surface area contributed by atoms with Crippen molar-refractivity contribution >= 4 is 22.9 Å². The van der Waals surface area contributed by atoms with Crippen molar-refractivity contribution in [2.75, 3.05) is 43.9 Å². The third-order valence-corrected chi connectivity index (χ3v) is 3.67. The third-order valence-electron chi connectivity index (χ3n) is 3.67. The summed E-state index contributed by atoms with van der Waals surface area (Å²) in [6, 6.07) is 0. The highest BCUT2D eigenvalue weighted by molar-refractivity contribution is 5.87. The summed E-state index contributed by atoms with van der Waals surface area (Å²) < 4.78 is 5.67. The highest BCUT2D eigenvalue weighted by Gasteiger charge is 2.21. The van der Waals surface area contributed by atoms with Crippen molar-refractivity contribution in [3.8, 4) is 0 Å². The van der Waals surface area contributed by atoms with Crippen LogP contribution in [-0.2, 0) is 6.42 Å². The molecule has 0 unspecified atom stereocenters. The first-order chi connectivity index (χ1) is 9.19. The lowest BCUT2D eigenvalue weighted by Gasteiger charge is -2.33. The number of aryl methyl sites for hydroxylation is 1. The highest BCUT2D eigenvalue weighted by atomic mass is 16.3. The van der Waals surface area contributed by atoms with Gasteiger partial charge in [0.1, 0.15) is 5.52 Å². The number of anilines is 2. The van der Waals surface area contributed by atoms with Gasteiger partial charge in [0, 0.05) is 31.7 Å². The fourth-order valence-corrected chi connectivity index (χ4v) is 2.45. The molecule has 3 rings (SSSR count). The van der Waals surface area contributed by atoms with E-state index in [1.165, 1.54) is 0 Å². The van der Waals surface area contributed by atoms with Gasteiger partial charge in [-0.25, -0.2) is 4.98 Å². The normalized spacial score (nSPS) is 17.3. The van der Waals surface area contributed by atoms with Crippen molar-refractivity contribution in [3.05, 3.63) is 11.8 Å². The molecule has 0 bridgehead atoms. The van der Waals surface area contributed by atoms with Gasteiger partial charge in [0.25, 0.3) is 0 Å². The molecule has 2 aromatic rings. The molecule has 1 aliphatic heterocycles. The number of hydrogen-bond donors (Lipinski definition) is 1. The highest BCUT2D eigenvalue weighted by Crippen LogP contribution is 2.29. The Labute approximate surface area is 112 Å². The fourth-order valence-electron chi connectivity index (χ4n) is 2.45. The molecule has 0 spiro atoms. The van der Waals surface area contributed by atoms with Gasteiger partial charge in [0.05, 0.1) is 6.26 Å². The zero-order valence-corrected chi connectivity index (χ0v) is 11.4. The standard InChI is InChI=1S/C13H19N5O/c1-3-9-8-19-11-10(9)15-13(14)16-12(11)18-6-4-17(2)5-7-18/h8H,3-7H2,1-2H3,(H2,14,15,16). The van der Waals surface area contributed by atoms with E-state index in [-0.39, 0.29) is 0 Å². The minimum Gasteiger partial charge on any atom is -0.458 e. The molecule has 0 radical (unpaired) electrons. The van der Waals surface area contributed by atoms with Crippen LogP contribution in [0.4, 0.5) is 11.8 Å². The largest absolute Gasteiger partial charge is 0.458 e. The van der Waals surface area contributed by atoms with Gasteiger partial charge in [-0.3, -0.25) is 0 Å². The lowest BCUT2D eigenvalue weighted by Crippen LogP contribution is -2.45. The van der Waals surface area contributed by atoms with E-state index in [9.17, 15) is 0 Å². The number of fused-ring (bicyclic) bond motifs is 1. The van der Waals surface area contributed by atoms with Crippen LogP contribution in [0.3, 0.4) is 0 Å². The monoisotopic (exact) mass is 261 g/mol. The van der Waals surface area contributed by atoms with E-state index in [1.807, 2.05) is 0 Å². The van der Waals surface area contributed by atoms with Crippen LogP contribution in [0.1, 0.15) is 12.5 Å². The lowest BCUT2D eigenvalue weighted by molar-refractivity contribution is 0.312. The van der Waals surface area contributed by atoms with Crippen molar-refractivity contribution in [2.24, 2.45) is 0 Å². The van der Waals surface area contributed by atoms with E-state index >= 15 is 0 Å². The molecule has 2 N–H and O–H groups in total. The first-order valence-electron chi connectivity index (χ1n) is 6.66. The molecule has 1 saturated heterocycles. The van der Waals surface area contributed by atoms with Crippen LogP contribution >= 0.6 is 0 Å². The predicted octanol–water partition coefficient (Wildman–Crippen LogP) is 1.12. The van der Waals surface area contributed by atoms with E-state index in [4.69, 9.17) is 10.2 Å². The Morgan fingerprint density at radius 1 is 1.26 bits per heavy atom. The second-order valence-electron chi connectivity index (χ2n) is 4.99. The van der Waals surface area contributed by atoms with Gasteiger partial charge in [0.2, 0.25) is 5.95 Å². The topological polar surface area (TPSA) is 71.4 Å². The number of furan rings is 1. The molecular formula is C13H19N5O. The number of rotatable bonds is 2. The molecule has 0 saturated carbocycles. The summed E-state index contributed by atoms with van der Waals surface area (Å²) in [6.07, 6.45) is 2.64. The zero-order chi connectivity index (χ0) is 13.4. The average Bonchev–Trinajstić information content (AvgIpc) is 2.81. The third kappa shape index (κ3) is 2.12. The minimum atomic E-state index is 0.317. The molecule has 6 heteroatoms. The van der Waals surface area contributed by atoms with Gasteiger partial charge in [0.15, 0.2) is 11.4 Å². The van der Waals surface area contributed by atoms with Crippen LogP contribution in [0.5, 0.6) is 0 Å². The first kappa shape index (κ1) is 12.2. The molecule has 2 aromatic heterocycles. The summed E-state index contributed by atoms with van der Waals surface area (Å²) in [7, 11) is 2.13. The summed E-state index contributed by atoms with van der Waals surface area (Å²) in [6.45, 7) is 5.99. The Bertz CT molecular complexity index is 586. The molecule has 6 nitrogen and oxygen atoms in total. The van der Waals surface area contributed by atoms with Gasteiger partial charge in [-0.1, -0.05) is 6.92 Å². The van der Waals surface area contributed by atoms with E-state index in [0.717, 1.165) is 55.1 Å². The molecule has 102 valence electrons. The zero-order valence-electron chi connectivity index (χ0n) is 11.4. The molecule has 0 aliphatic carbocycles. The number of nitrogen functional groups attached to an aromatic ring is 1. The van der Waals surface area contributed by atoms with Crippen molar-refractivity contribution in [1.29, 1.82) is 0 Å². The van der Waals surface area contributed by atoms with Crippen molar-refractivity contribution < 1.29 is 4.42 Å². The van der Waals surface area contributed by atoms with E-state index in [2.05, 4.69) is 33.7 Å². The van der Waals surface area contributed by atoms with Gasteiger partial charge in [-0.2, -0.15) is 4.98 Å². The quantitative estimate of drug-likeness (QED) is 0.873. The number of hydrogen-bond acceptors (Lipinski definition) is 6. The molecule has 3 heterocycles. The van der Waals surface area contributed by atoms with E-state index in [1.54, 1.807) is 6.26 Å². The summed E-state index contributed by atoms with van der Waals surface area (Å²) in [4.78, 5) is 13.2. The summed E-state index contributed by atoms with van der Waals surface area (Å²) in [5.41, 5.74) is 8.53. The van der Waals surface area contributed by atoms with Gasteiger partial charge in [-0.15, -0.1) is 0 Å². The summed E-state index contributed by atoms with van der Waals surface area (Å²) in [5.74, 6) is 1.15. The Hall–Kier alpha value is -1.82. The fraction of sp³-hybridized carbons (Fsp3) is 0.538. The van der Waals surface area contributed by atoms with Crippen molar-refractivity contribution in [2.45, 2.75) is 13.3 Å². The number of nitrogens with two attached hydrogens (primary N) is 1. The molecule has 0 atom stereocenters. The maximum absolute atomic E-state index is 5.84. The first-order valence-corrected chi connectivity index (χ1v) is 6.66. The molecule has 1 fully saturated rings. The SMILES string of the molecule is CCc1coc2c(N3CCN(C)CC3)nc(N)nc12.